The van der Waals surface area contributed by atoms with Gasteiger partial charge in [-0.15, -0.1) is 0 Å². The van der Waals surface area contributed by atoms with Gasteiger partial charge >= 0.3 is 0 Å². The van der Waals surface area contributed by atoms with Gasteiger partial charge in [-0.1, -0.05) is 23.7 Å². The molecule has 2 nitrogen and oxygen atoms in total. The van der Waals surface area contributed by atoms with Gasteiger partial charge in [-0.25, -0.2) is 0 Å². The van der Waals surface area contributed by atoms with Crippen LogP contribution in [0.2, 0.25) is 5.02 Å². The summed E-state index contributed by atoms with van der Waals surface area (Å²) in [4.78, 5) is 2.55. The average Bonchev–Trinajstić information content (AvgIpc) is 2.82. The van der Waals surface area contributed by atoms with Crippen molar-refractivity contribution in [3.05, 3.63) is 34.9 Å². The number of nitrogens with one attached hydrogen (secondary N) is 1. The second-order valence-corrected chi connectivity index (χ2v) is 5.79. The van der Waals surface area contributed by atoms with Gasteiger partial charge in [-0.3, -0.25) is 0 Å². The Kier molecular flexibility index (Phi) is 5.04. The average molecular weight is 267 g/mol. The van der Waals surface area contributed by atoms with Crippen LogP contribution in [0.5, 0.6) is 0 Å². The molecule has 3 heteroatoms. The molecule has 1 saturated heterocycles. The summed E-state index contributed by atoms with van der Waals surface area (Å²) in [6, 6.07) is 9.01. The van der Waals surface area contributed by atoms with Gasteiger partial charge in [0, 0.05) is 23.7 Å². The van der Waals surface area contributed by atoms with Crippen LogP contribution in [0.3, 0.4) is 0 Å². The van der Waals surface area contributed by atoms with Crippen LogP contribution in [0, 0.1) is 0 Å². The highest BCUT2D eigenvalue weighted by Gasteiger charge is 2.16. The molecule has 0 aliphatic carbocycles. The summed E-state index contributed by atoms with van der Waals surface area (Å²) in [7, 11) is 0. The number of benzene rings is 1. The van der Waals surface area contributed by atoms with Crippen molar-refractivity contribution >= 4 is 11.6 Å². The zero-order valence-electron chi connectivity index (χ0n) is 11.3. The van der Waals surface area contributed by atoms with Gasteiger partial charge < -0.3 is 10.2 Å². The molecule has 2 atom stereocenters. The zero-order chi connectivity index (χ0) is 13.0. The van der Waals surface area contributed by atoms with Crippen LogP contribution in [0.4, 0.5) is 0 Å². The molecule has 0 saturated carbocycles. The van der Waals surface area contributed by atoms with Gasteiger partial charge in [0.1, 0.15) is 0 Å². The van der Waals surface area contributed by atoms with E-state index < -0.39 is 0 Å². The van der Waals surface area contributed by atoms with Gasteiger partial charge in [0.2, 0.25) is 0 Å². The molecule has 1 aliphatic heterocycles. The molecule has 0 spiro atoms. The highest BCUT2D eigenvalue weighted by molar-refractivity contribution is 6.30. The third-order valence-electron chi connectivity index (χ3n) is 3.64. The monoisotopic (exact) mass is 266 g/mol. The second kappa shape index (κ2) is 6.55. The fraction of sp³-hybridized carbons (Fsp3) is 0.600. The quantitative estimate of drug-likeness (QED) is 0.878. The molecule has 0 bridgehead atoms. The molecule has 100 valence electrons. The Bertz CT molecular complexity index is 357. The number of rotatable bonds is 5. The van der Waals surface area contributed by atoms with Gasteiger partial charge in [0.05, 0.1) is 0 Å². The van der Waals surface area contributed by atoms with E-state index in [1.807, 2.05) is 12.1 Å². The number of hydrogen-bond acceptors (Lipinski definition) is 2. The maximum Gasteiger partial charge on any atom is 0.0406 e. The lowest BCUT2D eigenvalue weighted by Crippen LogP contribution is -2.39. The Hall–Kier alpha value is -0.570. The van der Waals surface area contributed by atoms with Crippen LogP contribution in [0.1, 0.15) is 38.3 Å². The maximum atomic E-state index is 5.91. The van der Waals surface area contributed by atoms with Crippen molar-refractivity contribution in [2.75, 3.05) is 19.6 Å². The molecule has 2 unspecified atom stereocenters. The topological polar surface area (TPSA) is 15.3 Å². The molecule has 1 N–H and O–H groups in total. The molecule has 1 heterocycles. The fourth-order valence-corrected chi connectivity index (χ4v) is 2.81. The van der Waals surface area contributed by atoms with E-state index in [0.29, 0.717) is 12.1 Å². The minimum Gasteiger partial charge on any atom is -0.306 e. The largest absolute Gasteiger partial charge is 0.306 e. The summed E-state index contributed by atoms with van der Waals surface area (Å²) in [5, 5.41) is 4.46. The third kappa shape index (κ3) is 3.98. The summed E-state index contributed by atoms with van der Waals surface area (Å²) < 4.78 is 0. The Morgan fingerprint density at radius 1 is 1.17 bits per heavy atom. The molecule has 0 amide bonds. The number of hydrogen-bond donors (Lipinski definition) is 1. The first-order valence-electron chi connectivity index (χ1n) is 6.89. The highest BCUT2D eigenvalue weighted by Crippen LogP contribution is 2.17. The molecular formula is C15H23ClN2. The van der Waals surface area contributed by atoms with E-state index in [1.165, 1.54) is 31.5 Å². The lowest BCUT2D eigenvalue weighted by molar-refractivity contribution is 0.289. The molecule has 1 aromatic rings. The summed E-state index contributed by atoms with van der Waals surface area (Å²) >= 11 is 5.91. The Labute approximate surface area is 115 Å². The van der Waals surface area contributed by atoms with Crippen molar-refractivity contribution in [2.24, 2.45) is 0 Å². The minimum absolute atomic E-state index is 0.375. The van der Waals surface area contributed by atoms with Crippen LogP contribution < -0.4 is 5.32 Å². The zero-order valence-corrected chi connectivity index (χ0v) is 12.1. The molecule has 1 fully saturated rings. The van der Waals surface area contributed by atoms with E-state index in [2.05, 4.69) is 36.2 Å². The van der Waals surface area contributed by atoms with E-state index in [9.17, 15) is 0 Å². The third-order valence-corrected chi connectivity index (χ3v) is 3.89. The van der Waals surface area contributed by atoms with E-state index >= 15 is 0 Å². The molecular weight excluding hydrogens is 244 g/mol. The predicted molar refractivity (Wildman–Crippen MR) is 78.1 cm³/mol. The van der Waals surface area contributed by atoms with Crippen molar-refractivity contribution in [3.8, 4) is 0 Å². The number of nitrogens with zero attached hydrogens (tertiary/aromatic N) is 1. The van der Waals surface area contributed by atoms with E-state index in [4.69, 9.17) is 11.6 Å². The SMILES string of the molecule is CC(CN1CCCC1)NC(C)c1ccc(Cl)cc1. The second-order valence-electron chi connectivity index (χ2n) is 5.35. The van der Waals surface area contributed by atoms with Crippen LogP contribution >= 0.6 is 11.6 Å². The summed E-state index contributed by atoms with van der Waals surface area (Å²) in [6.07, 6.45) is 2.72. The molecule has 0 aromatic heterocycles. The number of halogens is 1. The van der Waals surface area contributed by atoms with E-state index in [1.54, 1.807) is 0 Å². The summed E-state index contributed by atoms with van der Waals surface area (Å²) in [6.45, 7) is 8.16. The van der Waals surface area contributed by atoms with Crippen molar-refractivity contribution in [3.63, 3.8) is 0 Å². The smallest absolute Gasteiger partial charge is 0.0406 e. The van der Waals surface area contributed by atoms with Crippen LogP contribution in [0.25, 0.3) is 0 Å². The molecule has 0 radical (unpaired) electrons. The van der Waals surface area contributed by atoms with Gasteiger partial charge in [0.15, 0.2) is 0 Å². The molecule has 2 rings (SSSR count). The van der Waals surface area contributed by atoms with Crippen molar-refractivity contribution < 1.29 is 0 Å². The first-order valence-corrected chi connectivity index (χ1v) is 7.27. The first kappa shape index (κ1) is 13.9. The molecule has 1 aliphatic rings. The van der Waals surface area contributed by atoms with E-state index in [-0.39, 0.29) is 0 Å². The van der Waals surface area contributed by atoms with Crippen molar-refractivity contribution in [1.29, 1.82) is 0 Å². The standard InChI is InChI=1S/C15H23ClN2/c1-12(11-18-9-3-4-10-18)17-13(2)14-5-7-15(16)8-6-14/h5-8,12-13,17H,3-4,9-11H2,1-2H3. The fourth-order valence-electron chi connectivity index (χ4n) is 2.68. The highest BCUT2D eigenvalue weighted by atomic mass is 35.5. The van der Waals surface area contributed by atoms with Gasteiger partial charge in [0.25, 0.3) is 0 Å². The summed E-state index contributed by atoms with van der Waals surface area (Å²) in [5.74, 6) is 0. The van der Waals surface area contributed by atoms with Crippen molar-refractivity contribution in [1.82, 2.24) is 10.2 Å². The Morgan fingerprint density at radius 2 is 1.78 bits per heavy atom. The lowest BCUT2D eigenvalue weighted by atomic mass is 10.1. The van der Waals surface area contributed by atoms with Gasteiger partial charge in [-0.05, 0) is 57.5 Å². The first-order chi connectivity index (χ1) is 8.65. The Morgan fingerprint density at radius 3 is 2.39 bits per heavy atom. The number of likely N-dealkylation sites (tertiary alicyclic amines) is 1. The summed E-state index contributed by atoms with van der Waals surface area (Å²) in [5.41, 5.74) is 1.30. The maximum absolute atomic E-state index is 5.91. The predicted octanol–water partition coefficient (Wildman–Crippen LogP) is 3.47. The van der Waals surface area contributed by atoms with Crippen LogP contribution in [0.15, 0.2) is 24.3 Å². The molecule has 18 heavy (non-hydrogen) atoms. The van der Waals surface area contributed by atoms with Crippen LogP contribution in [-0.2, 0) is 0 Å². The normalized spacial score (nSPS) is 19.9. The van der Waals surface area contributed by atoms with Crippen molar-refractivity contribution in [2.45, 2.75) is 38.8 Å². The minimum atomic E-state index is 0.375. The Balaban J connectivity index is 1.82. The van der Waals surface area contributed by atoms with E-state index in [0.717, 1.165) is 11.6 Å². The van der Waals surface area contributed by atoms with Crippen LogP contribution in [-0.4, -0.2) is 30.6 Å². The lowest BCUT2D eigenvalue weighted by Gasteiger charge is -2.25. The van der Waals surface area contributed by atoms with Gasteiger partial charge in [-0.2, -0.15) is 0 Å². The molecule has 1 aromatic carbocycles.